The van der Waals surface area contributed by atoms with Gasteiger partial charge in [-0.25, -0.2) is 4.79 Å². The number of Topliss-reactive ketones (excluding diaryl/α,β-unsaturated/α-hetero) is 1. The molecule has 1 saturated heterocycles. The van der Waals surface area contributed by atoms with Gasteiger partial charge in [0.2, 0.25) is 0 Å². The molecule has 1 aliphatic heterocycles. The molecule has 1 N–H and O–H groups in total. The highest BCUT2D eigenvalue weighted by Gasteiger charge is 2.47. The minimum Gasteiger partial charge on any atom is -0.507 e. The third-order valence-corrected chi connectivity index (χ3v) is 7.14. The SMILES string of the molecule is COc1cc(OC)c(/C(O)=C2/C(=O)C(=O)N(c3ccc(C(=O)OCC(C)C)cc3)C2c2cccs2)cc1Cl. The van der Waals surface area contributed by atoms with Gasteiger partial charge in [0, 0.05) is 16.6 Å². The molecule has 0 aliphatic carbocycles. The number of anilines is 1. The number of esters is 1. The van der Waals surface area contributed by atoms with E-state index in [-0.39, 0.29) is 34.4 Å². The van der Waals surface area contributed by atoms with Crippen LogP contribution in [0.1, 0.15) is 40.7 Å². The summed E-state index contributed by atoms with van der Waals surface area (Å²) in [4.78, 5) is 41.0. The van der Waals surface area contributed by atoms with Gasteiger partial charge >= 0.3 is 5.97 Å². The maximum Gasteiger partial charge on any atom is 0.338 e. The summed E-state index contributed by atoms with van der Waals surface area (Å²) in [5.74, 6) is -1.87. The summed E-state index contributed by atoms with van der Waals surface area (Å²) in [6.07, 6.45) is 0. The van der Waals surface area contributed by atoms with E-state index in [4.69, 9.17) is 25.8 Å². The van der Waals surface area contributed by atoms with Crippen LogP contribution in [0.3, 0.4) is 0 Å². The third kappa shape index (κ3) is 5.12. The zero-order valence-electron chi connectivity index (χ0n) is 21.2. The van der Waals surface area contributed by atoms with Gasteiger partial charge in [0.15, 0.2) is 0 Å². The van der Waals surface area contributed by atoms with Crippen LogP contribution >= 0.6 is 22.9 Å². The molecule has 2 heterocycles. The highest BCUT2D eigenvalue weighted by atomic mass is 35.5. The van der Waals surface area contributed by atoms with E-state index in [0.717, 1.165) is 0 Å². The van der Waals surface area contributed by atoms with Gasteiger partial charge in [0.25, 0.3) is 11.7 Å². The maximum absolute atomic E-state index is 13.4. The first-order chi connectivity index (χ1) is 18.2. The number of hydrogen-bond donors (Lipinski definition) is 1. The van der Waals surface area contributed by atoms with Crippen molar-refractivity contribution in [3.8, 4) is 11.5 Å². The van der Waals surface area contributed by atoms with E-state index in [9.17, 15) is 19.5 Å². The number of benzene rings is 2. The molecule has 8 nitrogen and oxygen atoms in total. The number of ketones is 1. The Balaban J connectivity index is 1.81. The molecule has 0 saturated carbocycles. The fourth-order valence-corrected chi connectivity index (χ4v) is 5.15. The first-order valence-corrected chi connectivity index (χ1v) is 13.0. The molecule has 1 aliphatic rings. The van der Waals surface area contributed by atoms with Crippen molar-refractivity contribution in [3.05, 3.63) is 80.5 Å². The highest BCUT2D eigenvalue weighted by molar-refractivity contribution is 7.10. The van der Waals surface area contributed by atoms with Crippen molar-refractivity contribution in [1.82, 2.24) is 0 Å². The number of aliphatic hydroxyl groups excluding tert-OH is 1. The number of nitrogens with zero attached hydrogens (tertiary/aromatic N) is 1. The number of aliphatic hydroxyl groups is 1. The van der Waals surface area contributed by atoms with Crippen molar-refractivity contribution in [2.45, 2.75) is 19.9 Å². The lowest BCUT2D eigenvalue weighted by molar-refractivity contribution is -0.132. The molecule has 0 radical (unpaired) electrons. The Morgan fingerprint density at radius 3 is 2.34 bits per heavy atom. The summed E-state index contributed by atoms with van der Waals surface area (Å²) < 4.78 is 15.9. The largest absolute Gasteiger partial charge is 0.507 e. The van der Waals surface area contributed by atoms with Gasteiger partial charge in [-0.05, 0) is 47.7 Å². The van der Waals surface area contributed by atoms with Crippen LogP contribution in [0.5, 0.6) is 11.5 Å². The Labute approximate surface area is 229 Å². The molecular weight excluding hydrogens is 530 g/mol. The minimum absolute atomic E-state index is 0.114. The molecule has 1 atom stereocenters. The standard InChI is InChI=1S/C28H26ClNO7S/c1-15(2)14-37-28(34)16-7-9-17(10-8-16)30-24(22-6-5-11-38-22)23(26(32)27(30)33)25(31)18-12-19(29)21(36-4)13-20(18)35-3/h5-13,15,24,31H,14H2,1-4H3/b25-23-. The molecule has 198 valence electrons. The summed E-state index contributed by atoms with van der Waals surface area (Å²) in [6, 6.07) is 11.8. The average molecular weight is 556 g/mol. The number of amides is 1. The summed E-state index contributed by atoms with van der Waals surface area (Å²) >= 11 is 7.64. The van der Waals surface area contributed by atoms with Crippen LogP contribution < -0.4 is 14.4 Å². The molecule has 0 spiro atoms. The molecule has 2 aromatic carbocycles. The van der Waals surface area contributed by atoms with Gasteiger partial charge < -0.3 is 19.3 Å². The molecule has 1 fully saturated rings. The third-order valence-electron chi connectivity index (χ3n) is 5.92. The zero-order chi connectivity index (χ0) is 27.6. The van der Waals surface area contributed by atoms with Crippen LogP contribution in [0.25, 0.3) is 5.76 Å². The van der Waals surface area contributed by atoms with E-state index in [1.54, 1.807) is 24.3 Å². The summed E-state index contributed by atoms with van der Waals surface area (Å²) in [6.45, 7) is 4.16. The maximum atomic E-state index is 13.4. The van der Waals surface area contributed by atoms with E-state index in [1.165, 1.54) is 54.7 Å². The monoisotopic (exact) mass is 555 g/mol. The predicted octanol–water partition coefficient (Wildman–Crippen LogP) is 5.86. The predicted molar refractivity (Wildman–Crippen MR) is 145 cm³/mol. The zero-order valence-corrected chi connectivity index (χ0v) is 22.8. The Morgan fingerprint density at radius 2 is 1.76 bits per heavy atom. The second-order valence-corrected chi connectivity index (χ2v) is 10.3. The number of carbonyl (C=O) groups is 3. The Kier molecular flexibility index (Phi) is 8.08. The number of thiophene rings is 1. The van der Waals surface area contributed by atoms with E-state index in [0.29, 0.717) is 21.9 Å². The number of ether oxygens (including phenoxy) is 3. The summed E-state index contributed by atoms with van der Waals surface area (Å²) in [5, 5.41) is 13.4. The van der Waals surface area contributed by atoms with Crippen molar-refractivity contribution in [3.63, 3.8) is 0 Å². The lowest BCUT2D eigenvalue weighted by atomic mass is 9.99. The van der Waals surface area contributed by atoms with E-state index in [2.05, 4.69) is 0 Å². The highest BCUT2D eigenvalue weighted by Crippen LogP contribution is 2.45. The lowest BCUT2D eigenvalue weighted by Gasteiger charge is -2.24. The number of carbonyl (C=O) groups excluding carboxylic acids is 3. The van der Waals surface area contributed by atoms with Gasteiger partial charge in [-0.1, -0.05) is 31.5 Å². The minimum atomic E-state index is -0.917. The quantitative estimate of drug-likeness (QED) is 0.161. The summed E-state index contributed by atoms with van der Waals surface area (Å²) in [5.41, 5.74) is 0.722. The van der Waals surface area contributed by atoms with Gasteiger partial charge in [-0.2, -0.15) is 0 Å². The Bertz CT molecular complexity index is 1400. The normalized spacial score (nSPS) is 16.7. The van der Waals surface area contributed by atoms with Gasteiger partial charge in [-0.3, -0.25) is 14.5 Å². The van der Waals surface area contributed by atoms with Crippen molar-refractivity contribution in [2.24, 2.45) is 5.92 Å². The summed E-state index contributed by atoms with van der Waals surface area (Å²) in [7, 11) is 2.85. The van der Waals surface area contributed by atoms with Gasteiger partial charge in [0.1, 0.15) is 23.3 Å². The van der Waals surface area contributed by atoms with Crippen LogP contribution in [0.15, 0.2) is 59.5 Å². The Hall–Kier alpha value is -3.82. The number of rotatable bonds is 8. The number of hydrogen-bond acceptors (Lipinski definition) is 8. The first-order valence-electron chi connectivity index (χ1n) is 11.7. The molecular formula is C28H26ClNO7S. The molecule has 1 amide bonds. The number of methoxy groups -OCH3 is 2. The van der Waals surface area contributed by atoms with E-state index in [1.807, 2.05) is 19.2 Å². The topological polar surface area (TPSA) is 102 Å². The number of halogens is 1. The van der Waals surface area contributed by atoms with Crippen molar-refractivity contribution in [1.29, 1.82) is 0 Å². The molecule has 38 heavy (non-hydrogen) atoms. The van der Waals surface area contributed by atoms with Crippen LogP contribution in [0, 0.1) is 5.92 Å². The lowest BCUT2D eigenvalue weighted by Crippen LogP contribution is -2.29. The molecule has 1 aromatic heterocycles. The molecule has 4 rings (SSSR count). The van der Waals surface area contributed by atoms with Crippen molar-refractivity contribution >= 4 is 52.0 Å². The molecule has 0 bridgehead atoms. The van der Waals surface area contributed by atoms with E-state index < -0.39 is 29.5 Å². The van der Waals surface area contributed by atoms with Crippen LogP contribution in [0.4, 0.5) is 5.69 Å². The van der Waals surface area contributed by atoms with E-state index >= 15 is 0 Å². The molecule has 1 unspecified atom stereocenters. The second kappa shape index (κ2) is 11.3. The van der Waals surface area contributed by atoms with Crippen molar-refractivity contribution in [2.75, 3.05) is 25.7 Å². The Morgan fingerprint density at radius 1 is 1.08 bits per heavy atom. The van der Waals surface area contributed by atoms with Crippen molar-refractivity contribution < 1.29 is 33.7 Å². The van der Waals surface area contributed by atoms with Gasteiger partial charge in [0.05, 0.1) is 42.5 Å². The van der Waals surface area contributed by atoms with Crippen LogP contribution in [-0.2, 0) is 14.3 Å². The molecule has 10 heteroatoms. The fraction of sp³-hybridized carbons (Fsp3) is 0.250. The smallest absolute Gasteiger partial charge is 0.338 e. The second-order valence-electron chi connectivity index (χ2n) is 8.91. The van der Waals surface area contributed by atoms with Crippen LogP contribution in [0.2, 0.25) is 5.02 Å². The first kappa shape index (κ1) is 27.2. The van der Waals surface area contributed by atoms with Crippen LogP contribution in [-0.4, -0.2) is 43.6 Å². The fourth-order valence-electron chi connectivity index (χ4n) is 4.09. The average Bonchev–Trinajstić information content (AvgIpc) is 3.53. The van der Waals surface area contributed by atoms with Gasteiger partial charge in [-0.15, -0.1) is 11.3 Å². The molecule has 3 aromatic rings.